The van der Waals surface area contributed by atoms with Crippen molar-refractivity contribution >= 4 is 29.2 Å². The van der Waals surface area contributed by atoms with Gasteiger partial charge in [-0.25, -0.2) is 4.79 Å². The van der Waals surface area contributed by atoms with Crippen LogP contribution in [0.1, 0.15) is 32.1 Å². The number of halogens is 1. The van der Waals surface area contributed by atoms with Gasteiger partial charge in [-0.2, -0.15) is 0 Å². The largest absolute Gasteiger partial charge is 0.394 e. The minimum Gasteiger partial charge on any atom is -0.394 e. The van der Waals surface area contributed by atoms with Gasteiger partial charge in [-0.1, -0.05) is 17.7 Å². The summed E-state index contributed by atoms with van der Waals surface area (Å²) in [7, 11) is 0. The Labute approximate surface area is 194 Å². The average molecular weight is 465 g/mol. The van der Waals surface area contributed by atoms with Gasteiger partial charge in [-0.05, 0) is 55.8 Å². The highest BCUT2D eigenvalue weighted by Crippen LogP contribution is 2.53. The number of hydrogen-bond acceptors (Lipinski definition) is 5. The average Bonchev–Trinajstić information content (AvgIpc) is 3.57. The Morgan fingerprint density at radius 2 is 2.03 bits per heavy atom. The lowest BCUT2D eigenvalue weighted by atomic mass is 9.90. The van der Waals surface area contributed by atoms with Crippen LogP contribution in [0, 0.1) is 5.41 Å². The summed E-state index contributed by atoms with van der Waals surface area (Å²) in [5.41, 5.74) is 0.780. The van der Waals surface area contributed by atoms with Crippen LogP contribution in [0.2, 0.25) is 5.02 Å². The van der Waals surface area contributed by atoms with Gasteiger partial charge in [-0.3, -0.25) is 4.79 Å². The number of anilines is 1. The number of benzene rings is 1. The molecule has 3 aliphatic rings. The van der Waals surface area contributed by atoms with E-state index in [9.17, 15) is 19.8 Å². The van der Waals surface area contributed by atoms with E-state index in [2.05, 4.69) is 10.2 Å². The Balaban J connectivity index is 1.29. The predicted molar refractivity (Wildman–Crippen MR) is 123 cm³/mol. The van der Waals surface area contributed by atoms with Crippen LogP contribution in [0.3, 0.4) is 0 Å². The maximum atomic E-state index is 12.8. The van der Waals surface area contributed by atoms with Crippen molar-refractivity contribution in [1.29, 1.82) is 0 Å². The molecule has 1 aliphatic carbocycles. The number of aliphatic hydroxyl groups excluding tert-OH is 2. The molecule has 1 spiro atoms. The number of amides is 3. The topological polar surface area (TPSA) is 96.4 Å². The Morgan fingerprint density at radius 1 is 1.22 bits per heavy atom. The fraction of sp³-hybridized carbons (Fsp3) is 0.652. The molecule has 1 aromatic carbocycles. The highest BCUT2D eigenvalue weighted by molar-refractivity contribution is 6.30. The molecule has 8 nitrogen and oxygen atoms in total. The van der Waals surface area contributed by atoms with Crippen molar-refractivity contribution in [3.05, 3.63) is 29.3 Å². The summed E-state index contributed by atoms with van der Waals surface area (Å²) in [6, 6.07) is 6.40. The monoisotopic (exact) mass is 464 g/mol. The lowest BCUT2D eigenvalue weighted by Gasteiger charge is -2.38. The number of rotatable bonds is 6. The highest BCUT2D eigenvalue weighted by Gasteiger charge is 2.51. The molecule has 2 atom stereocenters. The third kappa shape index (κ3) is 5.36. The van der Waals surface area contributed by atoms with E-state index >= 15 is 0 Å². The number of nitrogens with one attached hydrogen (secondary N) is 1. The molecule has 2 heterocycles. The Bertz CT molecular complexity index is 834. The van der Waals surface area contributed by atoms with Gasteiger partial charge in [0, 0.05) is 49.9 Å². The molecule has 176 valence electrons. The fourth-order valence-corrected chi connectivity index (χ4v) is 5.09. The molecular weight excluding hydrogens is 432 g/mol. The zero-order chi connectivity index (χ0) is 22.7. The number of nitrogens with zero attached hydrogens (tertiary/aromatic N) is 3. The summed E-state index contributed by atoms with van der Waals surface area (Å²) in [5.74, 6) is -0.0438. The van der Waals surface area contributed by atoms with Crippen LogP contribution in [-0.4, -0.2) is 94.9 Å². The van der Waals surface area contributed by atoms with Gasteiger partial charge in [-0.15, -0.1) is 0 Å². The molecular formula is C23H33ClN4O4. The third-order valence-corrected chi connectivity index (χ3v) is 7.51. The SMILES string of the molecule is O=C(Nc1cccc(Cl)c1)N1CCC(=O)N([C@@H](CO)CCN2CCC3(CC3)[C@H](O)C2)CC1. The van der Waals surface area contributed by atoms with Crippen LogP contribution in [0.15, 0.2) is 24.3 Å². The first-order chi connectivity index (χ1) is 15.4. The zero-order valence-electron chi connectivity index (χ0n) is 18.4. The first-order valence-electron chi connectivity index (χ1n) is 11.5. The molecule has 2 saturated heterocycles. The van der Waals surface area contributed by atoms with Crippen molar-refractivity contribution in [1.82, 2.24) is 14.7 Å². The lowest BCUT2D eigenvalue weighted by Crippen LogP contribution is -2.48. The molecule has 0 unspecified atom stereocenters. The molecule has 3 N–H and O–H groups in total. The van der Waals surface area contributed by atoms with Crippen LogP contribution >= 0.6 is 11.6 Å². The van der Waals surface area contributed by atoms with Gasteiger partial charge in [0.1, 0.15) is 0 Å². The van der Waals surface area contributed by atoms with E-state index in [0.717, 1.165) is 32.4 Å². The van der Waals surface area contributed by atoms with Gasteiger partial charge in [0.25, 0.3) is 0 Å². The second-order valence-electron chi connectivity index (χ2n) is 9.32. The van der Waals surface area contributed by atoms with Crippen molar-refractivity contribution in [3.63, 3.8) is 0 Å². The van der Waals surface area contributed by atoms with Crippen molar-refractivity contribution in [3.8, 4) is 0 Å². The molecule has 9 heteroatoms. The van der Waals surface area contributed by atoms with Crippen LogP contribution in [0.5, 0.6) is 0 Å². The van der Waals surface area contributed by atoms with Gasteiger partial charge in [0.2, 0.25) is 5.91 Å². The Hall–Kier alpha value is -1.87. The second kappa shape index (κ2) is 9.95. The summed E-state index contributed by atoms with van der Waals surface area (Å²) >= 11 is 5.98. The molecule has 1 aromatic rings. The number of carbonyl (C=O) groups excluding carboxylic acids is 2. The van der Waals surface area contributed by atoms with Crippen LogP contribution in [0.4, 0.5) is 10.5 Å². The van der Waals surface area contributed by atoms with Gasteiger partial charge >= 0.3 is 6.03 Å². The second-order valence-corrected chi connectivity index (χ2v) is 9.75. The number of aliphatic hydroxyl groups is 2. The summed E-state index contributed by atoms with van der Waals surface area (Å²) in [6.45, 7) is 3.38. The van der Waals surface area contributed by atoms with E-state index in [4.69, 9.17) is 11.6 Å². The summed E-state index contributed by atoms with van der Waals surface area (Å²) in [4.78, 5) is 31.0. The maximum Gasteiger partial charge on any atom is 0.321 e. The smallest absolute Gasteiger partial charge is 0.321 e. The minimum absolute atomic E-state index is 0.0438. The van der Waals surface area contributed by atoms with Crippen molar-refractivity contribution in [2.75, 3.05) is 51.2 Å². The van der Waals surface area contributed by atoms with E-state index in [1.165, 1.54) is 0 Å². The molecule has 4 rings (SSSR count). The zero-order valence-corrected chi connectivity index (χ0v) is 19.1. The van der Waals surface area contributed by atoms with Crippen LogP contribution in [-0.2, 0) is 4.79 Å². The third-order valence-electron chi connectivity index (χ3n) is 7.28. The summed E-state index contributed by atoms with van der Waals surface area (Å²) < 4.78 is 0. The normalized spacial score (nSPS) is 24.3. The van der Waals surface area contributed by atoms with E-state index in [1.54, 1.807) is 34.1 Å². The van der Waals surface area contributed by atoms with E-state index in [0.29, 0.717) is 43.3 Å². The van der Waals surface area contributed by atoms with Crippen LogP contribution < -0.4 is 5.32 Å². The van der Waals surface area contributed by atoms with Gasteiger partial charge in [0.15, 0.2) is 0 Å². The first kappa shape index (κ1) is 23.3. The number of piperidine rings is 1. The standard InChI is InChI=1S/C23H33ClN4O4/c24-17-2-1-3-18(14-17)25-22(32)27-10-5-21(31)28(13-12-27)19(16-29)4-9-26-11-8-23(6-7-23)20(30)15-26/h1-3,14,19-20,29-30H,4-13,15-16H2,(H,25,32)/t19-,20-/m1/s1. The highest BCUT2D eigenvalue weighted by atomic mass is 35.5. The molecule has 3 fully saturated rings. The van der Waals surface area contributed by atoms with Gasteiger partial charge in [0.05, 0.1) is 18.8 Å². The maximum absolute atomic E-state index is 12.8. The number of hydrogen-bond donors (Lipinski definition) is 3. The Morgan fingerprint density at radius 3 is 2.72 bits per heavy atom. The molecule has 2 aliphatic heterocycles. The van der Waals surface area contributed by atoms with Crippen LogP contribution in [0.25, 0.3) is 0 Å². The number of β-amino-alcohol motifs (C(OH)–C–C–N with tert-alkyl or cyclic N) is 1. The molecule has 0 bridgehead atoms. The molecule has 1 saturated carbocycles. The van der Waals surface area contributed by atoms with Crippen molar-refractivity contribution < 1.29 is 19.8 Å². The van der Waals surface area contributed by atoms with E-state index < -0.39 is 0 Å². The molecule has 32 heavy (non-hydrogen) atoms. The predicted octanol–water partition coefficient (Wildman–Crippen LogP) is 2.00. The summed E-state index contributed by atoms with van der Waals surface area (Å²) in [6.07, 6.45) is 3.89. The van der Waals surface area contributed by atoms with Gasteiger partial charge < -0.3 is 30.2 Å². The van der Waals surface area contributed by atoms with E-state index in [1.807, 2.05) is 0 Å². The van der Waals surface area contributed by atoms with Crippen molar-refractivity contribution in [2.45, 2.75) is 44.2 Å². The number of likely N-dealkylation sites (tertiary alicyclic amines) is 1. The first-order valence-corrected chi connectivity index (χ1v) is 11.9. The fourth-order valence-electron chi connectivity index (χ4n) is 4.90. The number of carbonyl (C=O) groups is 2. The minimum atomic E-state index is -0.285. The Kier molecular flexibility index (Phi) is 7.24. The van der Waals surface area contributed by atoms with E-state index in [-0.39, 0.29) is 42.5 Å². The molecule has 0 aromatic heterocycles. The molecule has 3 amide bonds. The van der Waals surface area contributed by atoms with Crippen molar-refractivity contribution in [2.24, 2.45) is 5.41 Å². The number of urea groups is 1. The quantitative estimate of drug-likeness (QED) is 0.598. The molecule has 0 radical (unpaired) electrons. The lowest BCUT2D eigenvalue weighted by molar-refractivity contribution is -0.133. The summed E-state index contributed by atoms with van der Waals surface area (Å²) in [5, 5.41) is 23.8.